The smallest absolute Gasteiger partial charge is 0.862 e. The number of rotatable bonds is 11. The van der Waals surface area contributed by atoms with Gasteiger partial charge in [0, 0.05) is 27.1 Å². The van der Waals surface area contributed by atoms with Crippen LogP contribution in [-0.2, 0) is 41.6 Å². The molecule has 1 aliphatic rings. The monoisotopic (exact) mass is 919 g/mol. The number of fused-ring (bicyclic) bond motifs is 3. The average molecular weight is 920 g/mol. The average Bonchev–Trinajstić information content (AvgIpc) is 3.18. The van der Waals surface area contributed by atoms with Crippen LogP contribution in [0.4, 0.5) is 28.4 Å². The molecule has 0 bridgehead atoms. The third-order valence-electron chi connectivity index (χ3n) is 8.84. The Labute approximate surface area is 420 Å². The second-order valence-electron chi connectivity index (χ2n) is 12.7. The number of hydrazone groups is 1. The van der Waals surface area contributed by atoms with Crippen molar-refractivity contribution in [1.29, 1.82) is 5.41 Å². The van der Waals surface area contributed by atoms with E-state index in [2.05, 4.69) is 31.0 Å². The first-order valence-electron chi connectivity index (χ1n) is 16.8. The van der Waals surface area contributed by atoms with Crippen LogP contribution in [0.2, 0.25) is 0 Å². The van der Waals surface area contributed by atoms with Crippen LogP contribution in [0.5, 0.6) is 0 Å². The Hall–Kier alpha value is -3.88. The molecule has 0 fully saturated rings. The zero-order valence-corrected chi connectivity index (χ0v) is 41.1. The molecule has 0 heterocycles. The predicted molar refractivity (Wildman–Crippen MR) is 211 cm³/mol. The van der Waals surface area contributed by atoms with Crippen LogP contribution in [0.25, 0.3) is 27.6 Å². The molecule has 0 unspecified atom stereocenters. The number of allylic oxidation sites excluding steroid dienone is 1. The molecule has 62 heavy (non-hydrogen) atoms. The van der Waals surface area contributed by atoms with Gasteiger partial charge >= 0.3 is 88.7 Å². The maximum Gasteiger partial charge on any atom is 1.00 e. The van der Waals surface area contributed by atoms with E-state index in [1.54, 1.807) is 24.3 Å². The van der Waals surface area contributed by atoms with E-state index in [-0.39, 0.29) is 151 Å². The molecule has 298 valence electrons. The fraction of sp³-hybridized carbons (Fsp3) is 0.0263. The SMILES string of the molecule is N=C([O-])Cc1ccc(N=Nc2ccc(N=Nc3ccc(N/N=C4\C(=O)C=Cc5cc(S(=O)(=O)[O-])ccc54)c4cc(S(=O)(=O)O)ccc34)c3cc(S(=O)(=O)[O-])ccc23)cc1.[Na+].[Na+].[Na+]. The van der Waals surface area contributed by atoms with Crippen molar-refractivity contribution in [1.82, 2.24) is 0 Å². The quantitative estimate of drug-likeness (QED) is 0.0296. The van der Waals surface area contributed by atoms with Crippen LogP contribution in [0, 0.1) is 5.41 Å². The number of ketones is 1. The van der Waals surface area contributed by atoms with Gasteiger partial charge in [-0.25, -0.2) is 16.8 Å². The van der Waals surface area contributed by atoms with E-state index in [9.17, 15) is 48.8 Å². The summed E-state index contributed by atoms with van der Waals surface area (Å²) in [5.41, 5.74) is 4.65. The molecule has 0 spiro atoms. The molecule has 0 aliphatic heterocycles. The van der Waals surface area contributed by atoms with Crippen molar-refractivity contribution in [3.05, 3.63) is 126 Å². The summed E-state index contributed by atoms with van der Waals surface area (Å²) in [5.74, 6) is -1.32. The summed E-state index contributed by atoms with van der Waals surface area (Å²) in [6, 6.07) is 22.8. The second-order valence-corrected chi connectivity index (χ2v) is 16.9. The molecule has 0 atom stereocenters. The van der Waals surface area contributed by atoms with Gasteiger partial charge in [-0.3, -0.25) is 14.8 Å². The van der Waals surface area contributed by atoms with Crippen LogP contribution in [0.1, 0.15) is 16.7 Å². The normalized spacial score (nSPS) is 13.5. The van der Waals surface area contributed by atoms with Gasteiger partial charge < -0.3 is 19.6 Å². The molecule has 6 aromatic rings. The Morgan fingerprint density at radius 3 is 1.73 bits per heavy atom. The Bertz CT molecular complexity index is 3260. The summed E-state index contributed by atoms with van der Waals surface area (Å²) in [5, 5.41) is 40.5. The van der Waals surface area contributed by atoms with Crippen molar-refractivity contribution >= 4 is 104 Å². The van der Waals surface area contributed by atoms with Gasteiger partial charge in [-0.15, -0.1) is 15.3 Å². The Balaban J connectivity index is 0.00000282. The van der Waals surface area contributed by atoms with Crippen LogP contribution in [0.3, 0.4) is 0 Å². The third-order valence-corrected chi connectivity index (χ3v) is 11.3. The maximum absolute atomic E-state index is 12.9. The number of azo groups is 2. The minimum absolute atomic E-state index is 0. The number of benzene rings is 6. The molecule has 24 heteroatoms. The zero-order chi connectivity index (χ0) is 42.3. The molecule has 0 saturated carbocycles. The molecular formula is C38H24N7Na3O11S3. The summed E-state index contributed by atoms with van der Waals surface area (Å²) < 4.78 is 105. The minimum atomic E-state index is -4.91. The second kappa shape index (κ2) is 20.3. The summed E-state index contributed by atoms with van der Waals surface area (Å²) >= 11 is 0. The van der Waals surface area contributed by atoms with Gasteiger partial charge in [0.2, 0.25) is 5.78 Å². The summed E-state index contributed by atoms with van der Waals surface area (Å²) in [6.07, 6.45) is 2.39. The summed E-state index contributed by atoms with van der Waals surface area (Å²) in [4.78, 5) is 11.3. The molecule has 1 aliphatic carbocycles. The van der Waals surface area contributed by atoms with Crippen molar-refractivity contribution in [2.45, 2.75) is 21.1 Å². The molecule has 0 aromatic heterocycles. The van der Waals surface area contributed by atoms with Gasteiger partial charge in [0.1, 0.15) is 25.9 Å². The van der Waals surface area contributed by atoms with Crippen molar-refractivity contribution in [3.8, 4) is 0 Å². The first-order chi connectivity index (χ1) is 27.8. The maximum atomic E-state index is 12.9. The Kier molecular flexibility index (Phi) is 16.6. The zero-order valence-electron chi connectivity index (χ0n) is 32.7. The van der Waals surface area contributed by atoms with Crippen molar-refractivity contribution < 1.29 is 137 Å². The van der Waals surface area contributed by atoms with Crippen molar-refractivity contribution in [3.63, 3.8) is 0 Å². The third kappa shape index (κ3) is 11.6. The van der Waals surface area contributed by atoms with Crippen molar-refractivity contribution in [2.75, 3.05) is 5.43 Å². The number of hydrogen-bond donors (Lipinski definition) is 3. The van der Waals surface area contributed by atoms with Gasteiger partial charge in [0.05, 0.1) is 43.1 Å². The Morgan fingerprint density at radius 1 is 0.613 bits per heavy atom. The first-order valence-corrected chi connectivity index (χ1v) is 21.0. The van der Waals surface area contributed by atoms with Gasteiger partial charge in [0.25, 0.3) is 10.1 Å². The van der Waals surface area contributed by atoms with E-state index >= 15 is 0 Å². The van der Waals surface area contributed by atoms with Crippen LogP contribution in [-0.4, -0.2) is 56.3 Å². The minimum Gasteiger partial charge on any atom is -0.862 e. The number of carbonyl (C=O) groups excluding carboxylic acids is 1. The fourth-order valence-electron chi connectivity index (χ4n) is 6.03. The van der Waals surface area contributed by atoms with Crippen LogP contribution < -0.4 is 99.2 Å². The Morgan fingerprint density at radius 2 is 1.13 bits per heavy atom. The van der Waals surface area contributed by atoms with E-state index in [0.717, 1.165) is 42.5 Å². The van der Waals surface area contributed by atoms with Crippen molar-refractivity contribution in [2.24, 2.45) is 25.6 Å². The number of nitrogens with zero attached hydrogens (tertiary/aromatic N) is 5. The van der Waals surface area contributed by atoms with E-state index in [0.29, 0.717) is 16.6 Å². The first kappa shape index (κ1) is 50.8. The topological polar surface area (TPSA) is 307 Å². The molecular weight excluding hydrogens is 896 g/mol. The van der Waals surface area contributed by atoms with E-state index < -0.39 is 56.7 Å². The van der Waals surface area contributed by atoms with Gasteiger partial charge in [-0.1, -0.05) is 36.4 Å². The molecule has 0 amide bonds. The largest absolute Gasteiger partial charge is 1.00 e. The molecule has 3 N–H and O–H groups in total. The number of anilines is 1. The standard InChI is InChI=1S/C38H27N7O11S3.3Na/c39-37(47)17-21-1-4-23(5-2-21)40-41-32-12-14-34(30-19-25(58(51,52)53)7-10-28(30)32)43-42-33-13-15-35(31-20-26(59(54,55)56)8-11-29(31)33)44-45-38-27-9-6-24(57(48,49)50)18-22(27)3-16-36(38)46;;;/h1-16,18-20,44H,17H2,(H2,39,47)(H,48,49,50)(H,51,52,53)(H,54,55,56);;;/q;3*+1/p-3/b41-40?,43-42?,45-38-;;;. The van der Waals surface area contributed by atoms with Gasteiger partial charge in [-0.2, -0.15) is 18.6 Å². The molecule has 7 rings (SSSR count). The summed E-state index contributed by atoms with van der Waals surface area (Å²) in [6.45, 7) is 0. The van der Waals surface area contributed by atoms with Crippen LogP contribution in [0.15, 0.2) is 149 Å². The van der Waals surface area contributed by atoms with Gasteiger partial charge in [-0.05, 0) is 102 Å². The number of carbonyl (C=O) groups is 1. The number of nitrogens with one attached hydrogen (secondary N) is 2. The summed E-state index contributed by atoms with van der Waals surface area (Å²) in [7, 11) is -14.4. The molecule has 6 aromatic carbocycles. The van der Waals surface area contributed by atoms with E-state index in [1.165, 1.54) is 48.5 Å². The van der Waals surface area contributed by atoms with Gasteiger partial charge in [0.15, 0.2) is 0 Å². The molecule has 18 nitrogen and oxygen atoms in total. The fourth-order valence-corrected chi connectivity index (χ4v) is 7.54. The van der Waals surface area contributed by atoms with E-state index in [1.807, 2.05) is 0 Å². The molecule has 0 radical (unpaired) electrons. The predicted octanol–water partition coefficient (Wildman–Crippen LogP) is -2.82. The molecule has 0 saturated heterocycles. The van der Waals surface area contributed by atoms with E-state index in [4.69, 9.17) is 5.41 Å². The number of hydrogen-bond acceptors (Lipinski definition) is 17. The van der Waals surface area contributed by atoms with Crippen LogP contribution >= 0.6 is 0 Å².